The molecule has 1 aliphatic heterocycles. The molecule has 38 heavy (non-hydrogen) atoms. The highest BCUT2D eigenvalue weighted by Gasteiger charge is 2.49. The lowest BCUT2D eigenvalue weighted by atomic mass is 9.95. The number of likely N-dealkylation sites (tertiary alicyclic amines) is 1. The molecule has 12 heteroatoms. The molecule has 2 unspecified atom stereocenters. The Morgan fingerprint density at radius 2 is 1.84 bits per heavy atom. The Bertz CT molecular complexity index is 1010. The van der Waals surface area contributed by atoms with E-state index >= 15 is 0 Å². The Morgan fingerprint density at radius 1 is 1.13 bits per heavy atom. The van der Waals surface area contributed by atoms with Crippen molar-refractivity contribution in [1.29, 1.82) is 0 Å². The number of alkyl halides is 1. The number of carbonyl (C=O) groups excluding carboxylic acids is 4. The van der Waals surface area contributed by atoms with Gasteiger partial charge in [-0.15, -0.1) is 0 Å². The fourth-order valence-corrected chi connectivity index (χ4v) is 5.06. The van der Waals surface area contributed by atoms with Crippen LogP contribution in [0.25, 0.3) is 0 Å². The molecule has 2 fully saturated rings. The van der Waals surface area contributed by atoms with Gasteiger partial charge >= 0.3 is 6.09 Å². The average molecular weight is 533 g/mol. The molecule has 11 nitrogen and oxygen atoms in total. The fourth-order valence-electron chi connectivity index (χ4n) is 5.06. The van der Waals surface area contributed by atoms with Crippen LogP contribution in [0.15, 0.2) is 35.3 Å². The first-order chi connectivity index (χ1) is 18.3. The second-order valence-corrected chi connectivity index (χ2v) is 9.74. The van der Waals surface area contributed by atoms with Crippen LogP contribution in [-0.2, 0) is 25.7 Å². The van der Waals surface area contributed by atoms with E-state index in [4.69, 9.17) is 16.2 Å². The molecule has 1 aromatic rings. The monoisotopic (exact) mass is 532 g/mol. The van der Waals surface area contributed by atoms with Crippen LogP contribution in [-0.4, -0.2) is 71.9 Å². The van der Waals surface area contributed by atoms with E-state index in [0.717, 1.165) is 18.4 Å². The average Bonchev–Trinajstić information content (AvgIpc) is 3.59. The molecule has 1 saturated carbocycles. The smallest absolute Gasteiger partial charge is 0.408 e. The molecule has 1 aromatic carbocycles. The number of nitrogens with two attached hydrogens (primary N) is 2. The lowest BCUT2D eigenvalue weighted by Crippen LogP contribution is -2.61. The Hall–Kier alpha value is -3.70. The number of Topliss-reactive ketones (excluding diaryl/α,β-unsaturated/α-hetero) is 1. The second-order valence-electron chi connectivity index (χ2n) is 9.74. The maximum atomic E-state index is 13.8. The number of hydrogen-bond acceptors (Lipinski definition) is 6. The zero-order valence-electron chi connectivity index (χ0n) is 21.5. The highest BCUT2D eigenvalue weighted by molar-refractivity contribution is 5.96. The first kappa shape index (κ1) is 28.9. The summed E-state index contributed by atoms with van der Waals surface area (Å²) in [6.45, 7) is -0.583. The van der Waals surface area contributed by atoms with Crippen molar-refractivity contribution < 1.29 is 28.3 Å². The number of carbonyl (C=O) groups is 4. The Balaban J connectivity index is 1.64. The van der Waals surface area contributed by atoms with Gasteiger partial charge in [-0.3, -0.25) is 19.4 Å². The molecule has 0 radical (unpaired) electrons. The number of rotatable bonds is 12. The molecule has 3 amide bonds. The third-order valence-electron chi connectivity index (χ3n) is 7.02. The van der Waals surface area contributed by atoms with Gasteiger partial charge in [0.2, 0.25) is 11.8 Å². The van der Waals surface area contributed by atoms with E-state index in [-0.39, 0.29) is 31.4 Å². The summed E-state index contributed by atoms with van der Waals surface area (Å²) in [6.07, 6.45) is 3.18. The summed E-state index contributed by atoms with van der Waals surface area (Å²) in [4.78, 5) is 57.0. The molecule has 3 rings (SSSR count). The van der Waals surface area contributed by atoms with Crippen LogP contribution >= 0.6 is 0 Å². The quantitative estimate of drug-likeness (QED) is 0.179. The van der Waals surface area contributed by atoms with Gasteiger partial charge < -0.3 is 31.7 Å². The van der Waals surface area contributed by atoms with Crippen molar-refractivity contribution in [2.24, 2.45) is 16.5 Å². The van der Waals surface area contributed by atoms with Gasteiger partial charge in [-0.25, -0.2) is 9.18 Å². The van der Waals surface area contributed by atoms with Gasteiger partial charge in [0, 0.05) is 13.1 Å². The molecule has 2 aliphatic rings. The van der Waals surface area contributed by atoms with E-state index in [1.165, 1.54) is 4.90 Å². The van der Waals surface area contributed by atoms with Crippen LogP contribution in [0, 0.1) is 0 Å². The summed E-state index contributed by atoms with van der Waals surface area (Å²) < 4.78 is 18.5. The molecule has 0 aromatic heterocycles. The van der Waals surface area contributed by atoms with Crippen LogP contribution in [0.4, 0.5) is 9.18 Å². The first-order valence-corrected chi connectivity index (χ1v) is 13.0. The van der Waals surface area contributed by atoms with Crippen LogP contribution in [0.3, 0.4) is 0 Å². The summed E-state index contributed by atoms with van der Waals surface area (Å²) >= 11 is 0. The van der Waals surface area contributed by atoms with Crippen LogP contribution in [0.1, 0.15) is 56.9 Å². The van der Waals surface area contributed by atoms with Crippen molar-refractivity contribution in [3.8, 4) is 0 Å². The zero-order valence-corrected chi connectivity index (χ0v) is 21.5. The van der Waals surface area contributed by atoms with Gasteiger partial charge in [0.15, 0.2) is 11.7 Å². The van der Waals surface area contributed by atoms with Crippen LogP contribution in [0.2, 0.25) is 0 Å². The molecule has 208 valence electrons. The van der Waals surface area contributed by atoms with Gasteiger partial charge in [-0.2, -0.15) is 0 Å². The second kappa shape index (κ2) is 13.7. The molecule has 1 heterocycles. The van der Waals surface area contributed by atoms with Gasteiger partial charge in [-0.05, 0) is 44.1 Å². The van der Waals surface area contributed by atoms with E-state index in [9.17, 15) is 23.6 Å². The molecule has 0 spiro atoms. The molecule has 6 N–H and O–H groups in total. The summed E-state index contributed by atoms with van der Waals surface area (Å²) in [6, 6.07) is 7.33. The van der Waals surface area contributed by atoms with E-state index in [2.05, 4.69) is 15.6 Å². The highest BCUT2D eigenvalue weighted by Crippen LogP contribution is 2.34. The van der Waals surface area contributed by atoms with Gasteiger partial charge in [0.05, 0.1) is 6.04 Å². The number of hydrogen-bond donors (Lipinski definition) is 4. The van der Waals surface area contributed by atoms with Crippen molar-refractivity contribution >= 4 is 29.7 Å². The topological polar surface area (TPSA) is 169 Å². The van der Waals surface area contributed by atoms with E-state index < -0.39 is 42.1 Å². The minimum Gasteiger partial charge on any atom is -0.445 e. The number of guanidine groups is 1. The van der Waals surface area contributed by atoms with Gasteiger partial charge in [-0.1, -0.05) is 43.2 Å². The first-order valence-electron chi connectivity index (χ1n) is 13.0. The van der Waals surface area contributed by atoms with Gasteiger partial charge in [0.1, 0.15) is 24.9 Å². The number of ketones is 1. The van der Waals surface area contributed by atoms with Crippen LogP contribution < -0.4 is 22.1 Å². The molecule has 2 atom stereocenters. The maximum Gasteiger partial charge on any atom is 0.408 e. The Morgan fingerprint density at radius 3 is 2.50 bits per heavy atom. The molecule has 1 saturated heterocycles. The number of amides is 3. The van der Waals surface area contributed by atoms with Crippen molar-refractivity contribution in [2.45, 2.75) is 75.6 Å². The standard InChI is InChI=1S/C26H37FN6O5/c27-16-21(34)19(10-6-14-30-24(28)29)31-22(35)20-11-7-15-33(20)23(36)26(12-4-5-13-26)32-25(37)38-17-18-8-2-1-3-9-18/h1-3,8-9,19-20H,4-7,10-17H2,(H,31,35)(H,32,37)(H4,28,29,30). The predicted molar refractivity (Wildman–Crippen MR) is 139 cm³/mol. The van der Waals surface area contributed by atoms with Crippen molar-refractivity contribution in [3.63, 3.8) is 0 Å². The minimum absolute atomic E-state index is 0.0683. The number of nitrogens with one attached hydrogen (secondary N) is 2. The number of alkyl carbamates (subject to hydrolysis) is 1. The molecule has 0 bridgehead atoms. The maximum absolute atomic E-state index is 13.8. The third-order valence-corrected chi connectivity index (χ3v) is 7.02. The lowest BCUT2D eigenvalue weighted by molar-refractivity contribution is -0.144. The molecule has 1 aliphatic carbocycles. The number of aliphatic imine (C=N–C) groups is 1. The van der Waals surface area contributed by atoms with E-state index in [1.807, 2.05) is 30.3 Å². The van der Waals surface area contributed by atoms with Crippen molar-refractivity contribution in [2.75, 3.05) is 19.8 Å². The van der Waals surface area contributed by atoms with Crippen molar-refractivity contribution in [1.82, 2.24) is 15.5 Å². The number of ether oxygens (including phenoxy) is 1. The number of nitrogens with zero attached hydrogens (tertiary/aromatic N) is 2. The Kier molecular flexibility index (Phi) is 10.4. The van der Waals surface area contributed by atoms with Crippen molar-refractivity contribution in [3.05, 3.63) is 35.9 Å². The summed E-state index contributed by atoms with van der Waals surface area (Å²) in [7, 11) is 0. The summed E-state index contributed by atoms with van der Waals surface area (Å²) in [5, 5.41) is 5.41. The zero-order chi connectivity index (χ0) is 27.5. The summed E-state index contributed by atoms with van der Waals surface area (Å²) in [5.41, 5.74) is 10.3. The van der Waals surface area contributed by atoms with Crippen LogP contribution in [0.5, 0.6) is 0 Å². The molecular weight excluding hydrogens is 495 g/mol. The predicted octanol–water partition coefficient (Wildman–Crippen LogP) is 1.29. The highest BCUT2D eigenvalue weighted by atomic mass is 19.1. The SMILES string of the molecule is NC(N)=NCCCC(NC(=O)C1CCCN1C(=O)C1(NC(=O)OCc2ccccc2)CCCC1)C(=O)CF. The minimum atomic E-state index is -1.22. The number of benzene rings is 1. The fraction of sp³-hybridized carbons (Fsp3) is 0.577. The Labute approximate surface area is 221 Å². The largest absolute Gasteiger partial charge is 0.445 e. The molecular formula is C26H37FN6O5. The normalized spacial score (nSPS) is 18.9. The van der Waals surface area contributed by atoms with E-state index in [0.29, 0.717) is 38.6 Å². The van der Waals surface area contributed by atoms with Gasteiger partial charge in [0.25, 0.3) is 0 Å². The third kappa shape index (κ3) is 7.65. The van der Waals surface area contributed by atoms with E-state index in [1.54, 1.807) is 0 Å². The lowest BCUT2D eigenvalue weighted by Gasteiger charge is -2.35. The summed E-state index contributed by atoms with van der Waals surface area (Å²) in [5.74, 6) is -1.72. The number of halogens is 1.